The molecule has 1 atom stereocenters. The molecular weight excluding hydrogens is 469 g/mol. The van der Waals surface area contributed by atoms with Gasteiger partial charge >= 0.3 is 6.18 Å². The van der Waals surface area contributed by atoms with Gasteiger partial charge in [0.2, 0.25) is 15.9 Å². The highest BCUT2D eigenvalue weighted by Crippen LogP contribution is 2.37. The summed E-state index contributed by atoms with van der Waals surface area (Å²) in [5.74, 6) is -0.0330. The van der Waals surface area contributed by atoms with Crippen molar-refractivity contribution in [2.45, 2.75) is 33.0 Å². The highest BCUT2D eigenvalue weighted by Gasteiger charge is 2.36. The number of carbonyl (C=O) groups is 1. The summed E-state index contributed by atoms with van der Waals surface area (Å²) in [6.07, 6.45) is -3.98. The Morgan fingerprint density at radius 3 is 2.47 bits per heavy atom. The number of sulfonamides is 1. The van der Waals surface area contributed by atoms with E-state index in [2.05, 4.69) is 5.32 Å². The maximum absolute atomic E-state index is 13.2. The standard InChI is InChI=1S/C21H24ClF3N2O4S/c1-13-6-5-7-19(14(13)2)31-11-10-26-20(28)15(3)27(32(4,29)30)16-8-9-18(22)17(12-16)21(23,24)25/h5-9,12,15H,10-11H2,1-4H3,(H,26,28). The first-order valence-electron chi connectivity index (χ1n) is 9.56. The number of rotatable bonds is 8. The van der Waals surface area contributed by atoms with Crippen molar-refractivity contribution >= 4 is 33.2 Å². The summed E-state index contributed by atoms with van der Waals surface area (Å²) >= 11 is 5.62. The zero-order chi connectivity index (χ0) is 24.3. The number of hydrogen-bond donors (Lipinski definition) is 1. The molecule has 0 saturated heterocycles. The minimum absolute atomic E-state index is 0.0720. The number of benzene rings is 2. The van der Waals surface area contributed by atoms with Gasteiger partial charge in [-0.15, -0.1) is 0 Å². The molecule has 1 unspecified atom stereocenters. The average molecular weight is 493 g/mol. The molecule has 1 amide bonds. The molecule has 176 valence electrons. The molecule has 0 fully saturated rings. The lowest BCUT2D eigenvalue weighted by Gasteiger charge is -2.29. The van der Waals surface area contributed by atoms with Gasteiger partial charge < -0.3 is 10.1 Å². The fourth-order valence-electron chi connectivity index (χ4n) is 3.04. The number of hydrogen-bond acceptors (Lipinski definition) is 4. The molecule has 0 aliphatic rings. The van der Waals surface area contributed by atoms with Gasteiger partial charge in [-0.05, 0) is 56.2 Å². The molecule has 0 aromatic heterocycles. The van der Waals surface area contributed by atoms with E-state index in [1.807, 2.05) is 26.0 Å². The third-order valence-electron chi connectivity index (χ3n) is 4.81. The van der Waals surface area contributed by atoms with E-state index in [4.69, 9.17) is 16.3 Å². The summed E-state index contributed by atoms with van der Waals surface area (Å²) in [6, 6.07) is 6.92. The van der Waals surface area contributed by atoms with E-state index in [0.29, 0.717) is 16.1 Å². The maximum Gasteiger partial charge on any atom is 0.417 e. The first-order valence-corrected chi connectivity index (χ1v) is 11.8. The van der Waals surface area contributed by atoms with Gasteiger partial charge in [0, 0.05) is 0 Å². The molecule has 11 heteroatoms. The van der Waals surface area contributed by atoms with Crippen molar-refractivity contribution in [2.24, 2.45) is 0 Å². The smallest absolute Gasteiger partial charge is 0.417 e. The lowest BCUT2D eigenvalue weighted by Crippen LogP contribution is -2.48. The predicted octanol–water partition coefficient (Wildman–Crippen LogP) is 4.33. The van der Waals surface area contributed by atoms with Crippen LogP contribution in [0.1, 0.15) is 23.6 Å². The fraction of sp³-hybridized carbons (Fsp3) is 0.381. The highest BCUT2D eigenvalue weighted by atomic mass is 35.5. The van der Waals surface area contributed by atoms with Gasteiger partial charge in [-0.1, -0.05) is 23.7 Å². The Bertz CT molecular complexity index is 1090. The average Bonchev–Trinajstić information content (AvgIpc) is 2.67. The number of alkyl halides is 3. The summed E-state index contributed by atoms with van der Waals surface area (Å²) < 4.78 is 70.5. The van der Waals surface area contributed by atoms with Gasteiger partial charge in [0.1, 0.15) is 18.4 Å². The Hall–Kier alpha value is -2.46. The normalized spacial score (nSPS) is 12.9. The summed E-state index contributed by atoms with van der Waals surface area (Å²) in [6.45, 7) is 5.32. The largest absolute Gasteiger partial charge is 0.491 e. The van der Waals surface area contributed by atoms with Crippen LogP contribution in [0, 0.1) is 13.8 Å². The number of ether oxygens (including phenoxy) is 1. The molecule has 0 spiro atoms. The van der Waals surface area contributed by atoms with E-state index >= 15 is 0 Å². The third kappa shape index (κ3) is 6.29. The SMILES string of the molecule is Cc1cccc(OCCNC(=O)C(C)N(c2ccc(Cl)c(C(F)(F)F)c2)S(C)(=O)=O)c1C. The van der Waals surface area contributed by atoms with Crippen molar-refractivity contribution in [1.29, 1.82) is 0 Å². The monoisotopic (exact) mass is 492 g/mol. The minimum Gasteiger partial charge on any atom is -0.491 e. The quantitative estimate of drug-likeness (QED) is 0.557. The first-order chi connectivity index (χ1) is 14.7. The topological polar surface area (TPSA) is 75.7 Å². The molecule has 0 radical (unpaired) electrons. The predicted molar refractivity (Wildman–Crippen MR) is 118 cm³/mol. The van der Waals surface area contributed by atoms with Crippen molar-refractivity contribution < 1.29 is 31.1 Å². The van der Waals surface area contributed by atoms with Crippen LogP contribution in [0.2, 0.25) is 5.02 Å². The maximum atomic E-state index is 13.2. The molecule has 2 aromatic rings. The minimum atomic E-state index is -4.78. The van der Waals surface area contributed by atoms with Crippen molar-refractivity contribution in [3.05, 3.63) is 58.1 Å². The number of carbonyl (C=O) groups excluding carboxylic acids is 1. The summed E-state index contributed by atoms with van der Waals surface area (Å²) in [4.78, 5) is 12.6. The zero-order valence-corrected chi connectivity index (χ0v) is 19.5. The molecule has 0 saturated carbocycles. The van der Waals surface area contributed by atoms with E-state index in [9.17, 15) is 26.4 Å². The Morgan fingerprint density at radius 1 is 1.22 bits per heavy atom. The summed E-state index contributed by atoms with van der Waals surface area (Å²) in [5, 5.41) is 1.97. The molecule has 2 aromatic carbocycles. The Kier molecular flexibility index (Phi) is 8.06. The van der Waals surface area contributed by atoms with Crippen LogP contribution in [0.4, 0.5) is 18.9 Å². The highest BCUT2D eigenvalue weighted by molar-refractivity contribution is 7.92. The summed E-state index contributed by atoms with van der Waals surface area (Å²) in [7, 11) is -4.09. The van der Waals surface area contributed by atoms with Crippen LogP contribution in [0.5, 0.6) is 5.75 Å². The second-order valence-electron chi connectivity index (χ2n) is 7.23. The second kappa shape index (κ2) is 9.99. The number of amides is 1. The molecule has 32 heavy (non-hydrogen) atoms. The molecule has 0 bridgehead atoms. The van der Waals surface area contributed by atoms with Crippen LogP contribution >= 0.6 is 11.6 Å². The number of anilines is 1. The number of nitrogens with zero attached hydrogens (tertiary/aromatic N) is 1. The molecule has 2 rings (SSSR count). The van der Waals surface area contributed by atoms with E-state index in [0.717, 1.165) is 29.5 Å². The number of halogens is 4. The third-order valence-corrected chi connectivity index (χ3v) is 6.38. The Labute approximate surface area is 190 Å². The van der Waals surface area contributed by atoms with E-state index in [-0.39, 0.29) is 18.8 Å². The van der Waals surface area contributed by atoms with Gasteiger partial charge in [-0.25, -0.2) is 8.42 Å². The summed E-state index contributed by atoms with van der Waals surface area (Å²) in [5.41, 5.74) is 0.488. The van der Waals surface area contributed by atoms with E-state index in [1.165, 1.54) is 6.92 Å². The molecule has 1 N–H and O–H groups in total. The number of aryl methyl sites for hydroxylation is 1. The van der Waals surface area contributed by atoms with Crippen LogP contribution in [-0.2, 0) is 21.0 Å². The van der Waals surface area contributed by atoms with E-state index < -0.39 is 38.7 Å². The Balaban J connectivity index is 2.14. The van der Waals surface area contributed by atoms with Crippen LogP contribution in [0.15, 0.2) is 36.4 Å². The van der Waals surface area contributed by atoms with Crippen molar-refractivity contribution in [2.75, 3.05) is 23.7 Å². The van der Waals surface area contributed by atoms with E-state index in [1.54, 1.807) is 6.07 Å². The van der Waals surface area contributed by atoms with Gasteiger partial charge in [0.05, 0.1) is 29.1 Å². The van der Waals surface area contributed by atoms with Crippen LogP contribution < -0.4 is 14.4 Å². The van der Waals surface area contributed by atoms with Gasteiger partial charge in [-0.3, -0.25) is 9.10 Å². The number of nitrogens with one attached hydrogen (secondary N) is 1. The lowest BCUT2D eigenvalue weighted by atomic mass is 10.1. The Morgan fingerprint density at radius 2 is 1.88 bits per heavy atom. The molecule has 6 nitrogen and oxygen atoms in total. The van der Waals surface area contributed by atoms with Gasteiger partial charge in [0.15, 0.2) is 0 Å². The van der Waals surface area contributed by atoms with Gasteiger partial charge in [-0.2, -0.15) is 13.2 Å². The zero-order valence-electron chi connectivity index (χ0n) is 18.0. The van der Waals surface area contributed by atoms with Crippen LogP contribution in [0.3, 0.4) is 0 Å². The molecular formula is C21H24ClF3N2O4S. The van der Waals surface area contributed by atoms with Crippen molar-refractivity contribution in [1.82, 2.24) is 5.32 Å². The molecule has 0 aliphatic carbocycles. The first kappa shape index (κ1) is 25.8. The van der Waals surface area contributed by atoms with Crippen molar-refractivity contribution in [3.8, 4) is 5.75 Å². The second-order valence-corrected chi connectivity index (χ2v) is 9.50. The van der Waals surface area contributed by atoms with Gasteiger partial charge in [0.25, 0.3) is 0 Å². The molecule has 0 aliphatic heterocycles. The lowest BCUT2D eigenvalue weighted by molar-refractivity contribution is -0.137. The molecule has 0 heterocycles. The van der Waals surface area contributed by atoms with Crippen LogP contribution in [0.25, 0.3) is 0 Å². The fourth-order valence-corrected chi connectivity index (χ4v) is 4.43. The van der Waals surface area contributed by atoms with Crippen LogP contribution in [-0.4, -0.2) is 39.8 Å². The van der Waals surface area contributed by atoms with Crippen molar-refractivity contribution in [3.63, 3.8) is 0 Å².